The smallest absolute Gasteiger partial charge is 0.210 e. The van der Waals surface area contributed by atoms with Gasteiger partial charge in [-0.25, -0.2) is 9.38 Å². The molecule has 0 aromatic heterocycles. The summed E-state index contributed by atoms with van der Waals surface area (Å²) >= 11 is 1.42. The van der Waals surface area contributed by atoms with Crippen LogP contribution in [0, 0.1) is 5.82 Å². The number of hydrazone groups is 1. The van der Waals surface area contributed by atoms with E-state index in [4.69, 9.17) is 4.74 Å². The Balaban J connectivity index is 0.00000208. The van der Waals surface area contributed by atoms with E-state index in [1.54, 1.807) is 25.5 Å². The number of hydrogen-bond donors (Lipinski definition) is 1. The molecule has 124 valence electrons. The van der Waals surface area contributed by atoms with Gasteiger partial charge in [-0.2, -0.15) is 0 Å². The maximum atomic E-state index is 12.8. The lowest BCUT2D eigenvalue weighted by Crippen LogP contribution is -3.00. The molecule has 0 unspecified atom stereocenters. The molecule has 1 heterocycles. The van der Waals surface area contributed by atoms with Crippen molar-refractivity contribution in [2.24, 2.45) is 10.1 Å². The zero-order valence-electron chi connectivity index (χ0n) is 12.7. The van der Waals surface area contributed by atoms with E-state index in [0.717, 1.165) is 22.6 Å². The van der Waals surface area contributed by atoms with Crippen molar-refractivity contribution in [1.82, 2.24) is 5.43 Å². The lowest BCUT2D eigenvalue weighted by Gasteiger charge is -2.12. The fourth-order valence-electron chi connectivity index (χ4n) is 1.91. The summed E-state index contributed by atoms with van der Waals surface area (Å²) in [6, 6.07) is 13.8. The van der Waals surface area contributed by atoms with E-state index >= 15 is 0 Å². The predicted octanol–water partition coefficient (Wildman–Crippen LogP) is 0.863. The molecule has 0 saturated heterocycles. The SMILES string of the molecule is COc1ccc(C2=CSC(N=Cc3ccc(F)cc3)=NN2)cc1.[Br-]. The third-order valence-electron chi connectivity index (χ3n) is 3.15. The number of aliphatic imine (C=N–C) groups is 1. The quantitative estimate of drug-likeness (QED) is 0.769. The van der Waals surface area contributed by atoms with Gasteiger partial charge in [0, 0.05) is 17.2 Å². The van der Waals surface area contributed by atoms with Crippen molar-refractivity contribution in [3.8, 4) is 5.75 Å². The molecule has 0 saturated carbocycles. The number of nitrogens with zero attached hydrogens (tertiary/aromatic N) is 2. The summed E-state index contributed by atoms with van der Waals surface area (Å²) < 4.78 is 18.0. The number of ether oxygens (including phenoxy) is 1. The van der Waals surface area contributed by atoms with Gasteiger partial charge in [-0.15, -0.1) is 5.10 Å². The van der Waals surface area contributed by atoms with Gasteiger partial charge in [-0.05, 0) is 42.0 Å². The van der Waals surface area contributed by atoms with Crippen LogP contribution in [0.5, 0.6) is 5.75 Å². The van der Waals surface area contributed by atoms with Crippen molar-refractivity contribution in [3.05, 3.63) is 70.9 Å². The summed E-state index contributed by atoms with van der Waals surface area (Å²) in [5.41, 5.74) is 5.72. The molecule has 1 aliphatic rings. The fourth-order valence-corrected chi connectivity index (χ4v) is 2.54. The molecule has 3 rings (SSSR count). The molecule has 0 fully saturated rings. The number of hydrogen-bond acceptors (Lipinski definition) is 5. The minimum atomic E-state index is -0.264. The number of halogens is 2. The molecule has 2 aromatic carbocycles. The maximum Gasteiger partial charge on any atom is 0.210 e. The minimum Gasteiger partial charge on any atom is -1.00 e. The van der Waals surface area contributed by atoms with Crippen LogP contribution in [-0.2, 0) is 0 Å². The monoisotopic (exact) mass is 406 g/mol. The third-order valence-corrected chi connectivity index (χ3v) is 3.91. The van der Waals surface area contributed by atoms with Gasteiger partial charge in [0.05, 0.1) is 12.8 Å². The number of amidine groups is 1. The first-order valence-corrected chi connectivity index (χ1v) is 7.77. The first kappa shape index (κ1) is 18.2. The Morgan fingerprint density at radius 2 is 1.83 bits per heavy atom. The first-order chi connectivity index (χ1) is 11.2. The topological polar surface area (TPSA) is 46.0 Å². The predicted molar refractivity (Wildman–Crippen MR) is 93.1 cm³/mol. The summed E-state index contributed by atoms with van der Waals surface area (Å²) in [6.07, 6.45) is 1.65. The Kier molecular flexibility index (Phi) is 6.57. The second kappa shape index (κ2) is 8.65. The maximum absolute atomic E-state index is 12.8. The van der Waals surface area contributed by atoms with E-state index < -0.39 is 0 Å². The minimum absolute atomic E-state index is 0. The van der Waals surface area contributed by atoms with Crippen molar-refractivity contribution in [2.75, 3.05) is 7.11 Å². The Bertz CT molecular complexity index is 773. The highest BCUT2D eigenvalue weighted by molar-refractivity contribution is 8.16. The van der Waals surface area contributed by atoms with Crippen LogP contribution in [0.15, 0.2) is 64.0 Å². The zero-order valence-corrected chi connectivity index (χ0v) is 15.1. The van der Waals surface area contributed by atoms with E-state index in [0.29, 0.717) is 5.17 Å². The summed E-state index contributed by atoms with van der Waals surface area (Å²) in [5, 5.41) is 6.76. The van der Waals surface area contributed by atoms with Crippen LogP contribution in [0.4, 0.5) is 4.39 Å². The van der Waals surface area contributed by atoms with Crippen LogP contribution in [0.1, 0.15) is 11.1 Å². The molecular formula is C17H14BrFN3OS-. The number of benzene rings is 2. The molecule has 24 heavy (non-hydrogen) atoms. The fraction of sp³-hybridized carbons (Fsp3) is 0.0588. The molecule has 1 N–H and O–H groups in total. The molecule has 0 spiro atoms. The van der Waals surface area contributed by atoms with Crippen molar-refractivity contribution in [2.45, 2.75) is 0 Å². The van der Waals surface area contributed by atoms with E-state index in [-0.39, 0.29) is 22.8 Å². The molecule has 0 aliphatic carbocycles. The number of thioether (sulfide) groups is 1. The highest BCUT2D eigenvalue weighted by Gasteiger charge is 2.08. The second-order valence-corrected chi connectivity index (χ2v) is 5.53. The van der Waals surface area contributed by atoms with Gasteiger partial charge >= 0.3 is 0 Å². The zero-order chi connectivity index (χ0) is 16.1. The third kappa shape index (κ3) is 4.69. The van der Waals surface area contributed by atoms with Crippen LogP contribution < -0.4 is 27.1 Å². The van der Waals surface area contributed by atoms with Gasteiger partial charge in [-0.3, -0.25) is 5.43 Å². The summed E-state index contributed by atoms with van der Waals surface area (Å²) in [6.45, 7) is 0. The molecular weight excluding hydrogens is 393 g/mol. The Labute approximate surface area is 154 Å². The summed E-state index contributed by atoms with van der Waals surface area (Å²) in [4.78, 5) is 4.28. The van der Waals surface area contributed by atoms with Gasteiger partial charge in [0.2, 0.25) is 5.17 Å². The summed E-state index contributed by atoms with van der Waals surface area (Å²) in [5.74, 6) is 0.547. The van der Waals surface area contributed by atoms with Crippen LogP contribution in [-0.4, -0.2) is 18.5 Å². The molecule has 0 radical (unpaired) electrons. The van der Waals surface area contributed by atoms with Crippen molar-refractivity contribution < 1.29 is 26.1 Å². The average Bonchev–Trinajstić information content (AvgIpc) is 2.62. The standard InChI is InChI=1S/C17H14FN3OS.BrH/c1-22-15-8-4-13(5-9-15)16-11-23-17(21-20-16)19-10-12-2-6-14(18)7-3-12;/h2-11,20H,1H3;1H/p-1. The summed E-state index contributed by atoms with van der Waals surface area (Å²) in [7, 11) is 1.64. The molecule has 1 aliphatic heterocycles. The Morgan fingerprint density at radius 3 is 2.42 bits per heavy atom. The molecule has 0 bridgehead atoms. The van der Waals surface area contributed by atoms with E-state index in [9.17, 15) is 4.39 Å². The van der Waals surface area contributed by atoms with Crippen molar-refractivity contribution in [3.63, 3.8) is 0 Å². The highest BCUT2D eigenvalue weighted by Crippen LogP contribution is 2.23. The van der Waals surface area contributed by atoms with Gasteiger partial charge < -0.3 is 21.7 Å². The molecule has 0 atom stereocenters. The Hall–Kier alpha value is -2.12. The number of rotatable bonds is 3. The molecule has 2 aromatic rings. The number of methoxy groups -OCH3 is 1. The van der Waals surface area contributed by atoms with Crippen LogP contribution >= 0.6 is 11.8 Å². The molecule has 7 heteroatoms. The normalized spacial score (nSPS) is 13.6. The molecule has 4 nitrogen and oxygen atoms in total. The number of nitrogens with one attached hydrogen (secondary N) is 1. The first-order valence-electron chi connectivity index (χ1n) is 6.89. The van der Waals surface area contributed by atoms with Gasteiger partial charge in [-0.1, -0.05) is 23.9 Å². The average molecular weight is 407 g/mol. The van der Waals surface area contributed by atoms with Crippen LogP contribution in [0.3, 0.4) is 0 Å². The second-order valence-electron chi connectivity index (χ2n) is 4.69. The van der Waals surface area contributed by atoms with E-state index in [2.05, 4.69) is 15.5 Å². The lowest BCUT2D eigenvalue weighted by molar-refractivity contribution is -0.00000544. The van der Waals surface area contributed by atoms with Gasteiger partial charge in [0.1, 0.15) is 11.6 Å². The van der Waals surface area contributed by atoms with Crippen molar-refractivity contribution in [1.29, 1.82) is 0 Å². The van der Waals surface area contributed by atoms with Crippen LogP contribution in [0.25, 0.3) is 5.70 Å². The van der Waals surface area contributed by atoms with E-state index in [1.165, 1.54) is 23.9 Å². The molecule has 0 amide bonds. The largest absolute Gasteiger partial charge is 1.00 e. The van der Waals surface area contributed by atoms with Gasteiger partial charge in [0.15, 0.2) is 0 Å². The van der Waals surface area contributed by atoms with Crippen LogP contribution in [0.2, 0.25) is 0 Å². The van der Waals surface area contributed by atoms with Gasteiger partial charge in [0.25, 0.3) is 0 Å². The van der Waals surface area contributed by atoms with E-state index in [1.807, 2.05) is 29.7 Å². The lowest BCUT2D eigenvalue weighted by atomic mass is 10.2. The Morgan fingerprint density at radius 1 is 1.12 bits per heavy atom. The highest BCUT2D eigenvalue weighted by atomic mass is 79.9. The van der Waals surface area contributed by atoms with Crippen molar-refractivity contribution >= 4 is 28.8 Å².